The van der Waals surface area contributed by atoms with Gasteiger partial charge >= 0.3 is 0 Å². The number of aromatic nitrogens is 2. The smallest absolute Gasteiger partial charge is 0.272 e. The van der Waals surface area contributed by atoms with E-state index in [1.807, 2.05) is 0 Å². The Kier molecular flexibility index (Phi) is 4.80. The zero-order chi connectivity index (χ0) is 16.1. The van der Waals surface area contributed by atoms with E-state index < -0.39 is 0 Å². The molecule has 1 aromatic heterocycles. The summed E-state index contributed by atoms with van der Waals surface area (Å²) in [6.45, 7) is 0. The molecule has 0 radical (unpaired) electrons. The van der Waals surface area contributed by atoms with Gasteiger partial charge in [-0.1, -0.05) is 19.3 Å². The van der Waals surface area contributed by atoms with E-state index >= 15 is 0 Å². The number of anilines is 2. The van der Waals surface area contributed by atoms with E-state index in [0.29, 0.717) is 17.2 Å². The molecule has 1 amide bonds. The van der Waals surface area contributed by atoms with Crippen molar-refractivity contribution in [1.82, 2.24) is 15.5 Å². The van der Waals surface area contributed by atoms with E-state index in [0.717, 1.165) is 25.7 Å². The third-order valence-corrected chi connectivity index (χ3v) is 3.95. The van der Waals surface area contributed by atoms with E-state index in [1.54, 1.807) is 24.3 Å². The fraction of sp³-hybridized carbons (Fsp3) is 0.353. The number of nitrogens with one attached hydrogen (secondary N) is 2. The minimum Gasteiger partial charge on any atom is -0.348 e. The third kappa shape index (κ3) is 4.25. The number of benzene rings is 1. The minimum atomic E-state index is -0.295. The molecule has 1 saturated carbocycles. The second kappa shape index (κ2) is 7.17. The molecule has 120 valence electrons. The SMILES string of the molecule is O=C(NC1CCCCC1)c1ccc(Nc2ccc(F)cc2)nn1. The summed E-state index contributed by atoms with van der Waals surface area (Å²) < 4.78 is 12.9. The molecule has 3 rings (SSSR count). The second-order valence-corrected chi connectivity index (χ2v) is 5.74. The van der Waals surface area contributed by atoms with E-state index in [1.165, 1.54) is 18.6 Å². The van der Waals surface area contributed by atoms with Gasteiger partial charge in [0, 0.05) is 11.7 Å². The van der Waals surface area contributed by atoms with Gasteiger partial charge in [0.05, 0.1) is 0 Å². The molecule has 0 bridgehead atoms. The van der Waals surface area contributed by atoms with Crippen molar-refractivity contribution in [2.24, 2.45) is 0 Å². The van der Waals surface area contributed by atoms with E-state index in [-0.39, 0.29) is 17.8 Å². The van der Waals surface area contributed by atoms with Crippen LogP contribution in [0.2, 0.25) is 0 Å². The number of rotatable bonds is 4. The van der Waals surface area contributed by atoms with Crippen LogP contribution in [0.15, 0.2) is 36.4 Å². The van der Waals surface area contributed by atoms with Crippen molar-refractivity contribution in [2.45, 2.75) is 38.1 Å². The molecule has 6 heteroatoms. The fourth-order valence-electron chi connectivity index (χ4n) is 2.71. The summed E-state index contributed by atoms with van der Waals surface area (Å²) in [5.41, 5.74) is 1.01. The minimum absolute atomic E-state index is 0.183. The zero-order valence-corrected chi connectivity index (χ0v) is 12.8. The van der Waals surface area contributed by atoms with E-state index in [2.05, 4.69) is 20.8 Å². The first-order valence-electron chi connectivity index (χ1n) is 7.88. The lowest BCUT2D eigenvalue weighted by Gasteiger charge is -2.22. The highest BCUT2D eigenvalue weighted by Crippen LogP contribution is 2.18. The van der Waals surface area contributed by atoms with Crippen LogP contribution >= 0.6 is 0 Å². The second-order valence-electron chi connectivity index (χ2n) is 5.74. The Hall–Kier alpha value is -2.50. The molecule has 1 aliphatic carbocycles. The third-order valence-electron chi connectivity index (χ3n) is 3.95. The Labute approximate surface area is 134 Å². The maximum Gasteiger partial charge on any atom is 0.272 e. The van der Waals surface area contributed by atoms with Gasteiger partial charge in [-0.05, 0) is 49.2 Å². The maximum atomic E-state index is 12.9. The predicted molar refractivity (Wildman–Crippen MR) is 86.1 cm³/mol. The Morgan fingerprint density at radius 1 is 1.00 bits per heavy atom. The Morgan fingerprint density at radius 3 is 2.39 bits per heavy atom. The Balaban J connectivity index is 1.59. The molecule has 1 aliphatic rings. The van der Waals surface area contributed by atoms with Crippen LogP contribution in [0, 0.1) is 5.82 Å². The van der Waals surface area contributed by atoms with Crippen LogP contribution < -0.4 is 10.6 Å². The van der Waals surface area contributed by atoms with Gasteiger partial charge in [-0.25, -0.2) is 4.39 Å². The number of carbonyl (C=O) groups excluding carboxylic acids is 1. The molecular weight excluding hydrogens is 295 g/mol. The molecule has 23 heavy (non-hydrogen) atoms. The molecule has 2 aromatic rings. The molecule has 1 heterocycles. The number of carbonyl (C=O) groups is 1. The van der Waals surface area contributed by atoms with Crippen LogP contribution in [0.25, 0.3) is 0 Å². The number of hydrogen-bond acceptors (Lipinski definition) is 4. The number of hydrogen-bond donors (Lipinski definition) is 2. The van der Waals surface area contributed by atoms with Crippen LogP contribution in [0.1, 0.15) is 42.6 Å². The Morgan fingerprint density at radius 2 is 1.74 bits per heavy atom. The number of halogens is 1. The first-order valence-corrected chi connectivity index (χ1v) is 7.88. The van der Waals surface area contributed by atoms with Crippen molar-refractivity contribution in [1.29, 1.82) is 0 Å². The number of nitrogens with zero attached hydrogens (tertiary/aromatic N) is 2. The molecular formula is C17H19FN4O. The van der Waals surface area contributed by atoms with Gasteiger partial charge in [-0.3, -0.25) is 4.79 Å². The Bertz CT molecular complexity index is 651. The molecule has 0 spiro atoms. The largest absolute Gasteiger partial charge is 0.348 e. The van der Waals surface area contributed by atoms with Crippen molar-refractivity contribution in [3.63, 3.8) is 0 Å². The summed E-state index contributed by atoms with van der Waals surface area (Å²) in [7, 11) is 0. The van der Waals surface area contributed by atoms with Crippen LogP contribution in [-0.4, -0.2) is 22.1 Å². The zero-order valence-electron chi connectivity index (χ0n) is 12.8. The van der Waals surface area contributed by atoms with Crippen molar-refractivity contribution in [3.8, 4) is 0 Å². The summed E-state index contributed by atoms with van der Waals surface area (Å²) in [4.78, 5) is 12.1. The molecule has 2 N–H and O–H groups in total. The average Bonchev–Trinajstić information content (AvgIpc) is 2.58. The van der Waals surface area contributed by atoms with Gasteiger partial charge < -0.3 is 10.6 Å². The molecule has 0 aliphatic heterocycles. The van der Waals surface area contributed by atoms with Crippen molar-refractivity contribution in [2.75, 3.05) is 5.32 Å². The van der Waals surface area contributed by atoms with Crippen LogP contribution in [0.3, 0.4) is 0 Å². The molecule has 1 fully saturated rings. The average molecular weight is 314 g/mol. The molecule has 5 nitrogen and oxygen atoms in total. The first kappa shape index (κ1) is 15.4. The topological polar surface area (TPSA) is 66.9 Å². The standard InChI is InChI=1S/C17H19FN4O/c18-12-6-8-14(9-7-12)19-16-11-10-15(21-22-16)17(23)20-13-4-2-1-3-5-13/h6-11,13H,1-5H2,(H,19,22)(H,20,23). The van der Waals surface area contributed by atoms with Gasteiger partial charge in [-0.15, -0.1) is 10.2 Å². The normalized spacial score (nSPS) is 15.2. The molecule has 0 atom stereocenters. The van der Waals surface area contributed by atoms with Crippen LogP contribution in [0.4, 0.5) is 15.9 Å². The molecule has 0 unspecified atom stereocenters. The van der Waals surface area contributed by atoms with E-state index in [4.69, 9.17) is 0 Å². The van der Waals surface area contributed by atoms with Crippen molar-refractivity contribution in [3.05, 3.63) is 47.9 Å². The lowest BCUT2D eigenvalue weighted by Crippen LogP contribution is -2.36. The van der Waals surface area contributed by atoms with Gasteiger partial charge in [0.15, 0.2) is 11.5 Å². The summed E-state index contributed by atoms with van der Waals surface area (Å²) in [5, 5.41) is 14.0. The number of amides is 1. The highest BCUT2D eigenvalue weighted by molar-refractivity contribution is 5.92. The van der Waals surface area contributed by atoms with Gasteiger partial charge in [-0.2, -0.15) is 0 Å². The fourth-order valence-corrected chi connectivity index (χ4v) is 2.71. The summed E-state index contributed by atoms with van der Waals surface area (Å²) >= 11 is 0. The van der Waals surface area contributed by atoms with Crippen molar-refractivity contribution >= 4 is 17.4 Å². The molecule has 0 saturated heterocycles. The van der Waals surface area contributed by atoms with Gasteiger partial charge in [0.2, 0.25) is 0 Å². The lowest BCUT2D eigenvalue weighted by atomic mass is 9.95. The summed E-state index contributed by atoms with van der Waals surface area (Å²) in [5.74, 6) is 0.0277. The first-order chi connectivity index (χ1) is 11.2. The summed E-state index contributed by atoms with van der Waals surface area (Å²) in [6, 6.07) is 9.52. The predicted octanol–water partition coefficient (Wildman–Crippen LogP) is 3.42. The van der Waals surface area contributed by atoms with Crippen LogP contribution in [-0.2, 0) is 0 Å². The van der Waals surface area contributed by atoms with Crippen LogP contribution in [0.5, 0.6) is 0 Å². The highest BCUT2D eigenvalue weighted by atomic mass is 19.1. The van der Waals surface area contributed by atoms with Gasteiger partial charge in [0.1, 0.15) is 5.82 Å². The molecule has 1 aromatic carbocycles. The van der Waals surface area contributed by atoms with E-state index in [9.17, 15) is 9.18 Å². The highest BCUT2D eigenvalue weighted by Gasteiger charge is 2.17. The monoisotopic (exact) mass is 314 g/mol. The summed E-state index contributed by atoms with van der Waals surface area (Å²) in [6.07, 6.45) is 5.64. The quantitative estimate of drug-likeness (QED) is 0.907. The maximum absolute atomic E-state index is 12.9. The van der Waals surface area contributed by atoms with Gasteiger partial charge in [0.25, 0.3) is 5.91 Å². The van der Waals surface area contributed by atoms with Crippen molar-refractivity contribution < 1.29 is 9.18 Å². The lowest BCUT2D eigenvalue weighted by molar-refractivity contribution is 0.0921.